The SMILES string of the molecule is Cc1ncc(C)n2nc(C3CC3c3nc4c5c(ccn4c3C)CC(C)C=C5)nc12. The average molecular weight is 384 g/mol. The van der Waals surface area contributed by atoms with Crippen molar-refractivity contribution in [1.82, 2.24) is 29.0 Å². The van der Waals surface area contributed by atoms with E-state index in [1.54, 1.807) is 0 Å². The Labute approximate surface area is 169 Å². The van der Waals surface area contributed by atoms with E-state index in [-0.39, 0.29) is 0 Å². The molecule has 4 heterocycles. The summed E-state index contributed by atoms with van der Waals surface area (Å²) in [6.45, 7) is 8.45. The van der Waals surface area contributed by atoms with Crippen LogP contribution in [-0.2, 0) is 6.42 Å². The molecule has 6 nitrogen and oxygen atoms in total. The Morgan fingerprint density at radius 1 is 1.07 bits per heavy atom. The number of hydrogen-bond acceptors (Lipinski definition) is 4. The van der Waals surface area contributed by atoms with Crippen LogP contribution in [0.15, 0.2) is 24.5 Å². The summed E-state index contributed by atoms with van der Waals surface area (Å²) in [6, 6.07) is 2.26. The van der Waals surface area contributed by atoms with E-state index in [1.807, 2.05) is 24.6 Å². The van der Waals surface area contributed by atoms with Gasteiger partial charge in [-0.3, -0.25) is 4.98 Å². The highest BCUT2D eigenvalue weighted by molar-refractivity contribution is 5.71. The Morgan fingerprint density at radius 2 is 1.93 bits per heavy atom. The van der Waals surface area contributed by atoms with Crippen LogP contribution >= 0.6 is 0 Å². The fraction of sp³-hybridized carbons (Fsp3) is 0.391. The van der Waals surface area contributed by atoms with E-state index in [2.05, 4.69) is 47.6 Å². The summed E-state index contributed by atoms with van der Waals surface area (Å²) in [6.07, 6.45) is 10.7. The Kier molecular flexibility index (Phi) is 3.35. The van der Waals surface area contributed by atoms with Gasteiger partial charge in [0.1, 0.15) is 5.65 Å². The molecule has 0 spiro atoms. The summed E-state index contributed by atoms with van der Waals surface area (Å²) >= 11 is 0. The van der Waals surface area contributed by atoms with Crippen LogP contribution < -0.4 is 0 Å². The van der Waals surface area contributed by atoms with Crippen LogP contribution in [0.3, 0.4) is 0 Å². The summed E-state index contributed by atoms with van der Waals surface area (Å²) in [5.74, 6) is 2.24. The van der Waals surface area contributed by atoms with Gasteiger partial charge in [-0.2, -0.15) is 5.10 Å². The van der Waals surface area contributed by atoms with Crippen molar-refractivity contribution in [2.75, 3.05) is 0 Å². The van der Waals surface area contributed by atoms with Gasteiger partial charge in [0.25, 0.3) is 0 Å². The van der Waals surface area contributed by atoms with E-state index in [9.17, 15) is 0 Å². The van der Waals surface area contributed by atoms with Crippen LogP contribution in [0.2, 0.25) is 0 Å². The molecule has 0 radical (unpaired) electrons. The number of imidazole rings is 1. The highest BCUT2D eigenvalue weighted by atomic mass is 15.3. The number of aromatic nitrogens is 6. The van der Waals surface area contributed by atoms with Gasteiger partial charge in [0, 0.05) is 35.5 Å². The maximum Gasteiger partial charge on any atom is 0.177 e. The second-order valence-corrected chi connectivity index (χ2v) is 8.71. The van der Waals surface area contributed by atoms with Crippen LogP contribution in [0, 0.1) is 26.7 Å². The van der Waals surface area contributed by atoms with Crippen LogP contribution in [-0.4, -0.2) is 29.0 Å². The molecule has 1 saturated carbocycles. The minimum atomic E-state index is 0.337. The first kappa shape index (κ1) is 16.9. The molecule has 2 aliphatic carbocycles. The molecule has 2 aliphatic rings. The zero-order valence-electron chi connectivity index (χ0n) is 17.2. The molecule has 1 fully saturated rings. The largest absolute Gasteiger partial charge is 0.304 e. The summed E-state index contributed by atoms with van der Waals surface area (Å²) in [5.41, 5.74) is 8.99. The second kappa shape index (κ2) is 5.75. The third kappa shape index (κ3) is 2.41. The zero-order valence-corrected chi connectivity index (χ0v) is 17.2. The number of hydrogen-bond donors (Lipinski definition) is 0. The van der Waals surface area contributed by atoms with E-state index in [0.29, 0.717) is 17.8 Å². The van der Waals surface area contributed by atoms with Crippen molar-refractivity contribution in [3.8, 4) is 0 Å². The molecule has 4 aromatic heterocycles. The Balaban J connectivity index is 1.40. The van der Waals surface area contributed by atoms with Crippen molar-refractivity contribution in [2.45, 2.75) is 52.4 Å². The third-order valence-electron chi connectivity index (χ3n) is 6.53. The molecule has 29 heavy (non-hydrogen) atoms. The number of rotatable bonds is 2. The van der Waals surface area contributed by atoms with Crippen LogP contribution in [0.5, 0.6) is 0 Å². The standard InChI is InChI=1S/C23H24N6/c1-12-5-6-17-16(9-12)7-8-28-15(4)20(25-23(17)28)18-10-19(18)21-26-22-14(3)24-11-13(2)29(22)27-21/h5-8,11-12,18-19H,9-10H2,1-4H3. The highest BCUT2D eigenvalue weighted by Gasteiger charge is 2.45. The molecule has 0 amide bonds. The molecular formula is C23H24N6. The molecule has 6 heteroatoms. The molecule has 3 atom stereocenters. The number of nitrogens with zero attached hydrogens (tertiary/aromatic N) is 6. The number of pyridine rings is 1. The second-order valence-electron chi connectivity index (χ2n) is 8.71. The van der Waals surface area contributed by atoms with Crippen molar-refractivity contribution in [3.63, 3.8) is 0 Å². The van der Waals surface area contributed by atoms with Gasteiger partial charge in [0.15, 0.2) is 11.5 Å². The first-order valence-corrected chi connectivity index (χ1v) is 10.4. The van der Waals surface area contributed by atoms with Crippen molar-refractivity contribution in [2.24, 2.45) is 5.92 Å². The molecule has 4 aromatic rings. The molecule has 0 saturated heterocycles. The van der Waals surface area contributed by atoms with Crippen LogP contribution in [0.1, 0.15) is 64.9 Å². The summed E-state index contributed by atoms with van der Waals surface area (Å²) in [4.78, 5) is 14.4. The minimum Gasteiger partial charge on any atom is -0.304 e. The highest BCUT2D eigenvalue weighted by Crippen LogP contribution is 2.54. The molecule has 6 rings (SSSR count). The first-order valence-electron chi connectivity index (χ1n) is 10.4. The van der Waals surface area contributed by atoms with Crippen molar-refractivity contribution < 1.29 is 0 Å². The van der Waals surface area contributed by atoms with Gasteiger partial charge in [0.2, 0.25) is 0 Å². The maximum atomic E-state index is 5.11. The fourth-order valence-corrected chi connectivity index (χ4v) is 4.74. The van der Waals surface area contributed by atoms with E-state index < -0.39 is 0 Å². The topological polar surface area (TPSA) is 60.4 Å². The molecular weight excluding hydrogens is 360 g/mol. The number of allylic oxidation sites excluding steroid dienone is 1. The van der Waals surface area contributed by atoms with Gasteiger partial charge in [0.05, 0.1) is 17.1 Å². The Hall–Kier alpha value is -3.02. The average Bonchev–Trinajstić information content (AvgIpc) is 3.23. The Bertz CT molecular complexity index is 1290. The lowest BCUT2D eigenvalue weighted by Gasteiger charge is -2.16. The number of aryl methyl sites for hydroxylation is 3. The van der Waals surface area contributed by atoms with Gasteiger partial charge >= 0.3 is 0 Å². The zero-order chi connectivity index (χ0) is 19.9. The summed E-state index contributed by atoms with van der Waals surface area (Å²) in [5, 5.41) is 4.79. The maximum absolute atomic E-state index is 5.11. The van der Waals surface area contributed by atoms with E-state index in [1.165, 1.54) is 22.5 Å². The first-order chi connectivity index (χ1) is 14.0. The molecule has 3 unspecified atom stereocenters. The van der Waals surface area contributed by atoms with Crippen LogP contribution in [0.4, 0.5) is 0 Å². The van der Waals surface area contributed by atoms with Crippen LogP contribution in [0.25, 0.3) is 17.4 Å². The predicted molar refractivity (Wildman–Crippen MR) is 112 cm³/mol. The van der Waals surface area contributed by atoms with Gasteiger partial charge < -0.3 is 4.40 Å². The van der Waals surface area contributed by atoms with Gasteiger partial charge in [-0.25, -0.2) is 14.5 Å². The normalized spacial score (nSPS) is 23.1. The van der Waals surface area contributed by atoms with E-state index in [4.69, 9.17) is 15.1 Å². The molecule has 0 N–H and O–H groups in total. The van der Waals surface area contributed by atoms with Gasteiger partial charge in [-0.05, 0) is 51.2 Å². The van der Waals surface area contributed by atoms with Gasteiger partial charge in [-0.15, -0.1) is 0 Å². The van der Waals surface area contributed by atoms with Crippen molar-refractivity contribution in [3.05, 3.63) is 64.3 Å². The quantitative estimate of drug-likeness (QED) is 0.520. The third-order valence-corrected chi connectivity index (χ3v) is 6.53. The lowest BCUT2D eigenvalue weighted by molar-refractivity contribution is 0.716. The predicted octanol–water partition coefficient (Wildman–Crippen LogP) is 4.17. The molecule has 0 aromatic carbocycles. The molecule has 0 aliphatic heterocycles. The molecule has 0 bridgehead atoms. The lowest BCUT2D eigenvalue weighted by Crippen LogP contribution is -2.05. The summed E-state index contributed by atoms with van der Waals surface area (Å²) in [7, 11) is 0. The molecule has 146 valence electrons. The van der Waals surface area contributed by atoms with E-state index in [0.717, 1.165) is 41.3 Å². The minimum absolute atomic E-state index is 0.337. The fourth-order valence-electron chi connectivity index (χ4n) is 4.74. The smallest absolute Gasteiger partial charge is 0.177 e. The summed E-state index contributed by atoms with van der Waals surface area (Å²) < 4.78 is 4.17. The number of fused-ring (bicyclic) bond motifs is 4. The van der Waals surface area contributed by atoms with Crippen molar-refractivity contribution in [1.29, 1.82) is 0 Å². The van der Waals surface area contributed by atoms with E-state index >= 15 is 0 Å². The van der Waals surface area contributed by atoms with Crippen molar-refractivity contribution >= 4 is 17.4 Å². The monoisotopic (exact) mass is 384 g/mol. The lowest BCUT2D eigenvalue weighted by atomic mass is 9.92. The Morgan fingerprint density at radius 3 is 2.76 bits per heavy atom. The van der Waals surface area contributed by atoms with Gasteiger partial charge in [-0.1, -0.05) is 19.1 Å².